The number of nitrogens with one attached hydrogen (secondary N) is 1. The second-order valence-corrected chi connectivity index (χ2v) is 9.48. The van der Waals surface area contributed by atoms with E-state index in [0.29, 0.717) is 5.69 Å². The molecule has 3 N–H and O–H groups in total. The first-order valence-corrected chi connectivity index (χ1v) is 12.0. The topological polar surface area (TPSA) is 119 Å². The molecule has 1 atom stereocenters. The third kappa shape index (κ3) is 6.32. The normalized spacial score (nSPS) is 15.4. The van der Waals surface area contributed by atoms with Crippen LogP contribution in [-0.2, 0) is 25.3 Å². The summed E-state index contributed by atoms with van der Waals surface area (Å²) in [7, 11) is 0. The highest BCUT2D eigenvalue weighted by Gasteiger charge is 2.40. The lowest BCUT2D eigenvalue weighted by Gasteiger charge is -2.15. The molecule has 0 saturated carbocycles. The minimum Gasteiger partial charge on any atom is -0.452 e. The van der Waals surface area contributed by atoms with Crippen molar-refractivity contribution in [2.75, 3.05) is 22.6 Å². The molecule has 0 radical (unpaired) electrons. The summed E-state index contributed by atoms with van der Waals surface area (Å²) in [5, 5.41) is 1.61. The number of nitrogens with zero attached hydrogens (tertiary/aromatic N) is 1. The van der Waals surface area contributed by atoms with Gasteiger partial charge >= 0.3 is 12.1 Å². The van der Waals surface area contributed by atoms with Crippen LogP contribution in [0.25, 0.3) is 0 Å². The van der Waals surface area contributed by atoms with E-state index in [1.165, 1.54) is 42.1 Å². The Labute approximate surface area is 218 Å². The van der Waals surface area contributed by atoms with Crippen LogP contribution >= 0.6 is 11.8 Å². The number of hydrogen-bond acceptors (Lipinski definition) is 7. The number of anilines is 3. The van der Waals surface area contributed by atoms with Gasteiger partial charge in [-0.15, -0.1) is 11.8 Å². The van der Waals surface area contributed by atoms with Gasteiger partial charge in [-0.1, -0.05) is 12.1 Å². The van der Waals surface area contributed by atoms with Gasteiger partial charge in [-0.05, 0) is 60.7 Å². The number of benzene rings is 3. The van der Waals surface area contributed by atoms with Gasteiger partial charge in [0.1, 0.15) is 0 Å². The predicted molar refractivity (Wildman–Crippen MR) is 134 cm³/mol. The highest BCUT2D eigenvalue weighted by atomic mass is 32.2. The zero-order valence-electron chi connectivity index (χ0n) is 19.5. The Kier molecular flexibility index (Phi) is 7.72. The quantitative estimate of drug-likeness (QED) is 0.256. The maximum Gasteiger partial charge on any atom is 0.416 e. The van der Waals surface area contributed by atoms with E-state index < -0.39 is 47.3 Å². The summed E-state index contributed by atoms with van der Waals surface area (Å²) in [6.07, 6.45) is -4.57. The fourth-order valence-electron chi connectivity index (χ4n) is 3.65. The summed E-state index contributed by atoms with van der Waals surface area (Å²) in [5.41, 5.74) is 5.60. The summed E-state index contributed by atoms with van der Waals surface area (Å²) in [5.74, 6) is -2.49. The molecule has 3 amide bonds. The van der Waals surface area contributed by atoms with E-state index in [2.05, 4.69) is 5.32 Å². The Bertz CT molecular complexity index is 1400. The van der Waals surface area contributed by atoms with Gasteiger partial charge < -0.3 is 15.8 Å². The van der Waals surface area contributed by atoms with Crippen LogP contribution in [0.2, 0.25) is 0 Å². The number of rotatable bonds is 7. The number of halogens is 3. The first-order valence-electron chi connectivity index (χ1n) is 11.1. The number of esters is 1. The molecule has 8 nitrogen and oxygen atoms in total. The molecule has 0 aliphatic carbocycles. The highest BCUT2D eigenvalue weighted by molar-refractivity contribution is 8.00. The zero-order chi connectivity index (χ0) is 27.4. The van der Waals surface area contributed by atoms with E-state index in [4.69, 9.17) is 10.5 Å². The van der Waals surface area contributed by atoms with Crippen molar-refractivity contribution in [2.45, 2.75) is 22.7 Å². The van der Waals surface area contributed by atoms with Crippen LogP contribution in [0.4, 0.5) is 30.2 Å². The Morgan fingerprint density at radius 1 is 1.03 bits per heavy atom. The fraction of sp³-hybridized carbons (Fsp3) is 0.154. The molecule has 1 heterocycles. The zero-order valence-corrected chi connectivity index (χ0v) is 20.3. The molecule has 0 aromatic heterocycles. The number of ether oxygens (including phenoxy) is 1. The summed E-state index contributed by atoms with van der Waals surface area (Å²) in [6.45, 7) is -0.733. The molecule has 196 valence electrons. The van der Waals surface area contributed by atoms with Gasteiger partial charge in [0.15, 0.2) is 6.61 Å². The van der Waals surface area contributed by atoms with E-state index in [9.17, 15) is 32.3 Å². The summed E-state index contributed by atoms with van der Waals surface area (Å²) in [4.78, 5) is 51.6. The maximum absolute atomic E-state index is 12.9. The smallest absolute Gasteiger partial charge is 0.416 e. The first-order chi connectivity index (χ1) is 18.0. The van der Waals surface area contributed by atoms with Crippen molar-refractivity contribution >= 4 is 52.5 Å². The van der Waals surface area contributed by atoms with E-state index in [0.717, 1.165) is 28.0 Å². The lowest BCUT2D eigenvalue weighted by atomic mass is 10.2. The Morgan fingerprint density at radius 2 is 1.74 bits per heavy atom. The number of nitrogens with two attached hydrogens (primary N) is 1. The number of nitrogen functional groups attached to an aromatic ring is 1. The average Bonchev–Trinajstić information content (AvgIpc) is 3.14. The van der Waals surface area contributed by atoms with Gasteiger partial charge in [0.25, 0.3) is 5.91 Å². The van der Waals surface area contributed by atoms with Gasteiger partial charge in [-0.2, -0.15) is 13.2 Å². The number of thioether (sulfide) groups is 1. The molecular weight excluding hydrogens is 523 g/mol. The van der Waals surface area contributed by atoms with Gasteiger partial charge in [0.2, 0.25) is 11.8 Å². The number of alkyl halides is 3. The number of carbonyl (C=O) groups is 4. The van der Waals surface area contributed by atoms with E-state index in [1.807, 2.05) is 0 Å². The Hall–Kier alpha value is -4.32. The molecule has 3 aromatic rings. The third-order valence-corrected chi connectivity index (χ3v) is 6.59. The summed E-state index contributed by atoms with van der Waals surface area (Å²) < 4.78 is 43.4. The Balaban J connectivity index is 1.33. The second-order valence-electron chi connectivity index (χ2n) is 8.20. The molecule has 0 bridgehead atoms. The molecule has 1 saturated heterocycles. The van der Waals surface area contributed by atoms with Crippen LogP contribution in [0.3, 0.4) is 0 Å². The average molecular weight is 544 g/mol. The van der Waals surface area contributed by atoms with Crippen molar-refractivity contribution < 1.29 is 37.1 Å². The Morgan fingerprint density at radius 3 is 2.42 bits per heavy atom. The highest BCUT2D eigenvalue weighted by Crippen LogP contribution is 2.35. The minimum absolute atomic E-state index is 0.00306. The largest absolute Gasteiger partial charge is 0.452 e. The van der Waals surface area contributed by atoms with Crippen LogP contribution < -0.4 is 16.0 Å². The first kappa shape index (κ1) is 26.7. The number of amides is 3. The van der Waals surface area contributed by atoms with Crippen LogP contribution in [-0.4, -0.2) is 35.5 Å². The van der Waals surface area contributed by atoms with Crippen LogP contribution in [0, 0.1) is 0 Å². The van der Waals surface area contributed by atoms with Crippen molar-refractivity contribution in [1.82, 2.24) is 0 Å². The van der Waals surface area contributed by atoms with Crippen LogP contribution in [0.1, 0.15) is 22.3 Å². The SMILES string of the molecule is Nc1cccc(SC2CC(=O)N(c3ccc(C(=O)OCC(=O)Nc4cccc(C(F)(F)F)c4)cc3)C2=O)c1. The molecule has 38 heavy (non-hydrogen) atoms. The second kappa shape index (κ2) is 11.0. The molecule has 1 aliphatic heterocycles. The van der Waals surface area contributed by atoms with E-state index in [1.54, 1.807) is 24.3 Å². The van der Waals surface area contributed by atoms with Gasteiger partial charge in [0, 0.05) is 22.7 Å². The third-order valence-electron chi connectivity index (χ3n) is 5.41. The summed E-state index contributed by atoms with van der Waals surface area (Å²) >= 11 is 1.24. The number of hydrogen-bond donors (Lipinski definition) is 2. The molecule has 1 unspecified atom stereocenters. The molecule has 1 fully saturated rings. The molecule has 0 spiro atoms. The number of carbonyl (C=O) groups excluding carboxylic acids is 4. The van der Waals surface area contributed by atoms with Crippen molar-refractivity contribution in [1.29, 1.82) is 0 Å². The molecule has 12 heteroatoms. The van der Waals surface area contributed by atoms with E-state index in [-0.39, 0.29) is 23.4 Å². The molecule has 4 rings (SSSR count). The van der Waals surface area contributed by atoms with Crippen molar-refractivity contribution in [2.24, 2.45) is 0 Å². The fourth-order valence-corrected chi connectivity index (χ4v) is 4.77. The van der Waals surface area contributed by atoms with Crippen LogP contribution in [0.15, 0.2) is 77.7 Å². The van der Waals surface area contributed by atoms with Gasteiger partial charge in [-0.25, -0.2) is 9.69 Å². The molecule has 1 aliphatic rings. The van der Waals surface area contributed by atoms with Crippen molar-refractivity contribution in [3.63, 3.8) is 0 Å². The van der Waals surface area contributed by atoms with Crippen molar-refractivity contribution in [3.05, 3.63) is 83.9 Å². The lowest BCUT2D eigenvalue weighted by molar-refractivity contribution is -0.137. The van der Waals surface area contributed by atoms with E-state index >= 15 is 0 Å². The standard InChI is InChI=1S/C26H20F3N3O5S/c27-26(28,29)16-3-1-5-18(11-16)31-22(33)14-37-25(36)15-7-9-19(10-8-15)32-23(34)13-21(24(32)35)38-20-6-2-4-17(30)12-20/h1-12,21H,13-14,30H2,(H,31,33). The molecular formula is C26H20F3N3O5S. The number of imide groups is 1. The predicted octanol–water partition coefficient (Wildman–Crippen LogP) is 4.51. The van der Waals surface area contributed by atoms with Gasteiger partial charge in [-0.3, -0.25) is 14.4 Å². The lowest BCUT2D eigenvalue weighted by Crippen LogP contribution is -2.31. The minimum atomic E-state index is -4.57. The monoisotopic (exact) mass is 543 g/mol. The summed E-state index contributed by atoms with van der Waals surface area (Å²) in [6, 6.07) is 16.5. The maximum atomic E-state index is 12.9. The molecule has 3 aromatic carbocycles. The van der Waals surface area contributed by atoms with Crippen LogP contribution in [0.5, 0.6) is 0 Å². The van der Waals surface area contributed by atoms with Gasteiger partial charge in [0.05, 0.1) is 22.1 Å². The van der Waals surface area contributed by atoms with Crippen molar-refractivity contribution in [3.8, 4) is 0 Å².